The summed E-state index contributed by atoms with van der Waals surface area (Å²) in [6.45, 7) is 2.55. The molecule has 0 aromatic heterocycles. The van der Waals surface area contributed by atoms with Crippen LogP contribution in [0.5, 0.6) is 11.5 Å². The van der Waals surface area contributed by atoms with E-state index in [-0.39, 0.29) is 24.4 Å². The van der Waals surface area contributed by atoms with E-state index >= 15 is 0 Å². The number of carbonyl (C=O) groups is 2. The number of methoxy groups -OCH3 is 2. The van der Waals surface area contributed by atoms with Crippen molar-refractivity contribution in [3.8, 4) is 11.5 Å². The first-order chi connectivity index (χ1) is 13.4. The number of hydrogen-bond acceptors (Lipinski definition) is 4. The van der Waals surface area contributed by atoms with E-state index in [1.165, 1.54) is 0 Å². The average molecular weight is 384 g/mol. The van der Waals surface area contributed by atoms with Gasteiger partial charge in [-0.15, -0.1) is 0 Å². The van der Waals surface area contributed by atoms with Crippen LogP contribution in [0.15, 0.2) is 42.5 Å². The summed E-state index contributed by atoms with van der Waals surface area (Å²) >= 11 is 0. The molecule has 1 aliphatic rings. The molecule has 148 valence electrons. The number of para-hydroxylation sites is 2. The maximum absolute atomic E-state index is 13.1. The number of rotatable bonds is 6. The second-order valence-corrected chi connectivity index (χ2v) is 6.92. The number of fused-ring (bicyclic) bond motifs is 1. The van der Waals surface area contributed by atoms with Crippen LogP contribution in [0.4, 0.5) is 11.4 Å². The highest BCUT2D eigenvalue weighted by Gasteiger charge is 2.33. The minimum Gasteiger partial charge on any atom is -0.493 e. The van der Waals surface area contributed by atoms with Gasteiger partial charge in [0, 0.05) is 5.56 Å². The summed E-state index contributed by atoms with van der Waals surface area (Å²) in [6.07, 6.45) is 0. The summed E-state index contributed by atoms with van der Waals surface area (Å²) in [6, 6.07) is 12.8. The Balaban J connectivity index is 1.76. The Morgan fingerprint density at radius 2 is 1.89 bits per heavy atom. The van der Waals surface area contributed by atoms with E-state index < -0.39 is 0 Å². The fourth-order valence-corrected chi connectivity index (χ4v) is 3.34. The molecule has 2 atom stereocenters. The van der Waals surface area contributed by atoms with E-state index in [4.69, 9.17) is 9.47 Å². The number of nitrogens with one attached hydrogen (secondary N) is 2. The smallest absolute Gasteiger partial charge is 0.285 e. The summed E-state index contributed by atoms with van der Waals surface area (Å²) in [7, 11) is 5.17. The molecule has 2 N–H and O–H groups in total. The quantitative estimate of drug-likeness (QED) is 0.782. The molecule has 1 aliphatic heterocycles. The largest absolute Gasteiger partial charge is 0.493 e. The lowest BCUT2D eigenvalue weighted by Gasteiger charge is -2.32. The van der Waals surface area contributed by atoms with Crippen LogP contribution < -0.4 is 24.6 Å². The van der Waals surface area contributed by atoms with Gasteiger partial charge in [0.2, 0.25) is 5.91 Å². The van der Waals surface area contributed by atoms with Gasteiger partial charge in [-0.1, -0.05) is 12.1 Å². The van der Waals surface area contributed by atoms with Crippen LogP contribution >= 0.6 is 0 Å². The van der Waals surface area contributed by atoms with Gasteiger partial charge in [0.1, 0.15) is 13.1 Å². The van der Waals surface area contributed by atoms with Crippen LogP contribution in [-0.2, 0) is 16.1 Å². The average Bonchev–Trinajstić information content (AvgIpc) is 2.71. The molecule has 0 fully saturated rings. The second-order valence-electron chi connectivity index (χ2n) is 6.92. The van der Waals surface area contributed by atoms with Crippen molar-refractivity contribution < 1.29 is 24.0 Å². The molecule has 28 heavy (non-hydrogen) atoms. The van der Waals surface area contributed by atoms with Crippen LogP contribution in [0.1, 0.15) is 12.5 Å². The molecule has 1 unspecified atom stereocenters. The molecule has 0 bridgehead atoms. The maximum Gasteiger partial charge on any atom is 0.285 e. The summed E-state index contributed by atoms with van der Waals surface area (Å²) in [4.78, 5) is 27.7. The number of ether oxygens (including phenoxy) is 2. The number of hydrogen-bond donors (Lipinski definition) is 2. The van der Waals surface area contributed by atoms with Gasteiger partial charge in [-0.25, -0.2) is 0 Å². The number of amides is 2. The Kier molecular flexibility index (Phi) is 5.84. The molecule has 1 heterocycles. The molecule has 0 aliphatic carbocycles. The lowest BCUT2D eigenvalue weighted by atomic mass is 10.1. The zero-order valence-electron chi connectivity index (χ0n) is 16.6. The van der Waals surface area contributed by atoms with Gasteiger partial charge in [0.25, 0.3) is 5.91 Å². The minimum absolute atomic E-state index is 0.0316. The Labute approximate surface area is 164 Å². The Morgan fingerprint density at radius 3 is 2.61 bits per heavy atom. The van der Waals surface area contributed by atoms with Gasteiger partial charge in [-0.05, 0) is 37.3 Å². The van der Waals surface area contributed by atoms with E-state index in [1.807, 2.05) is 50.4 Å². The van der Waals surface area contributed by atoms with Crippen LogP contribution in [0.25, 0.3) is 0 Å². The Morgan fingerprint density at radius 1 is 1.18 bits per heavy atom. The molecule has 2 aromatic carbocycles. The zero-order chi connectivity index (χ0) is 20.3. The van der Waals surface area contributed by atoms with Crippen molar-refractivity contribution >= 4 is 23.2 Å². The fourth-order valence-electron chi connectivity index (χ4n) is 3.34. The van der Waals surface area contributed by atoms with Gasteiger partial charge in [-0.3, -0.25) is 14.5 Å². The summed E-state index contributed by atoms with van der Waals surface area (Å²) in [5.41, 5.74) is 2.43. The first kappa shape index (κ1) is 19.7. The number of nitrogens with zero attached hydrogens (tertiary/aromatic N) is 1. The Bertz CT molecular complexity index is 884. The lowest BCUT2D eigenvalue weighted by Crippen LogP contribution is -3.12. The minimum atomic E-state index is -0.327. The van der Waals surface area contributed by atoms with Crippen molar-refractivity contribution in [3.63, 3.8) is 0 Å². The molecule has 7 nitrogen and oxygen atoms in total. The van der Waals surface area contributed by atoms with Crippen molar-refractivity contribution in [2.45, 2.75) is 19.5 Å². The monoisotopic (exact) mass is 384 g/mol. The van der Waals surface area contributed by atoms with E-state index in [0.717, 1.165) is 16.2 Å². The second kappa shape index (κ2) is 8.31. The molecular formula is C21H26N3O4+. The highest BCUT2D eigenvalue weighted by molar-refractivity contribution is 6.10. The number of anilines is 2. The third-order valence-electron chi connectivity index (χ3n) is 5.08. The molecule has 0 saturated carbocycles. The van der Waals surface area contributed by atoms with Crippen LogP contribution in [0, 0.1) is 0 Å². The predicted molar refractivity (Wildman–Crippen MR) is 107 cm³/mol. The molecule has 2 amide bonds. The molecule has 2 aromatic rings. The summed E-state index contributed by atoms with van der Waals surface area (Å²) in [5, 5.41) is 2.81. The number of carbonyl (C=O) groups excluding carboxylic acids is 2. The van der Waals surface area contributed by atoms with E-state index in [2.05, 4.69) is 5.32 Å². The molecule has 0 radical (unpaired) electrons. The normalized spacial score (nSPS) is 15.3. The summed E-state index contributed by atoms with van der Waals surface area (Å²) < 4.78 is 10.6. The first-order valence-electron chi connectivity index (χ1n) is 9.18. The lowest BCUT2D eigenvalue weighted by molar-refractivity contribution is -0.908. The highest BCUT2D eigenvalue weighted by Crippen LogP contribution is 2.29. The third kappa shape index (κ3) is 3.94. The van der Waals surface area contributed by atoms with E-state index in [9.17, 15) is 9.59 Å². The maximum atomic E-state index is 13.1. The third-order valence-corrected chi connectivity index (χ3v) is 5.08. The van der Waals surface area contributed by atoms with Crippen LogP contribution in [0.3, 0.4) is 0 Å². The van der Waals surface area contributed by atoms with Gasteiger partial charge in [0.05, 0.1) is 32.6 Å². The van der Waals surface area contributed by atoms with Crippen LogP contribution in [-0.4, -0.2) is 45.7 Å². The molecule has 3 rings (SSSR count). The topological polar surface area (TPSA) is 72.3 Å². The van der Waals surface area contributed by atoms with Gasteiger partial charge >= 0.3 is 0 Å². The van der Waals surface area contributed by atoms with Gasteiger partial charge in [-0.2, -0.15) is 0 Å². The fraction of sp³-hybridized carbons (Fsp3) is 0.333. The molecule has 7 heteroatoms. The van der Waals surface area contributed by atoms with E-state index in [0.29, 0.717) is 23.7 Å². The van der Waals surface area contributed by atoms with Crippen molar-refractivity contribution in [1.29, 1.82) is 0 Å². The predicted octanol–water partition coefficient (Wildman–Crippen LogP) is 1.09. The molecule has 0 saturated heterocycles. The van der Waals surface area contributed by atoms with Gasteiger partial charge in [0.15, 0.2) is 17.5 Å². The number of likely N-dealkylation sites (N-methyl/N-ethyl adjacent to an activating group) is 1. The van der Waals surface area contributed by atoms with Crippen molar-refractivity contribution in [2.24, 2.45) is 0 Å². The SMILES string of the molecule is COc1ccc(C[NH+](C)[C@@H](C)C(=O)N2CC(=O)Nc3ccccc32)cc1OC. The summed E-state index contributed by atoms with van der Waals surface area (Å²) in [5.74, 6) is 1.06. The number of benzene rings is 2. The van der Waals surface area contributed by atoms with Gasteiger partial charge < -0.3 is 19.7 Å². The van der Waals surface area contributed by atoms with Crippen molar-refractivity contribution in [1.82, 2.24) is 0 Å². The Hall–Kier alpha value is -3.06. The van der Waals surface area contributed by atoms with Crippen molar-refractivity contribution in [3.05, 3.63) is 48.0 Å². The van der Waals surface area contributed by atoms with Crippen LogP contribution in [0.2, 0.25) is 0 Å². The molecule has 0 spiro atoms. The number of quaternary nitrogens is 1. The first-order valence-corrected chi connectivity index (χ1v) is 9.18. The molecular weight excluding hydrogens is 358 g/mol. The van der Waals surface area contributed by atoms with Crippen molar-refractivity contribution in [2.75, 3.05) is 38.0 Å². The highest BCUT2D eigenvalue weighted by atomic mass is 16.5. The standard InChI is InChI=1S/C21H25N3O4/c1-14(23(2)12-15-9-10-18(27-3)19(11-15)28-4)21(26)24-13-20(25)22-16-7-5-6-8-17(16)24/h5-11,14H,12-13H2,1-4H3,(H,22,25)/p+1/t14-/m0/s1. The zero-order valence-corrected chi connectivity index (χ0v) is 16.6. The van der Waals surface area contributed by atoms with E-state index in [1.54, 1.807) is 25.2 Å².